The zero-order valence-electron chi connectivity index (χ0n) is 14.9. The first-order chi connectivity index (χ1) is 12.1. The summed E-state index contributed by atoms with van der Waals surface area (Å²) in [6.07, 6.45) is 6.91. The molecule has 2 amide bonds. The maximum Gasteiger partial charge on any atom is 0.319 e. The Morgan fingerprint density at radius 1 is 1.40 bits per heavy atom. The van der Waals surface area contributed by atoms with Crippen molar-refractivity contribution in [3.8, 4) is 0 Å². The minimum atomic E-state index is -0.233. The van der Waals surface area contributed by atoms with Crippen LogP contribution in [0.1, 0.15) is 43.9 Å². The molecule has 1 saturated heterocycles. The van der Waals surface area contributed by atoms with E-state index in [1.165, 1.54) is 5.56 Å². The van der Waals surface area contributed by atoms with Gasteiger partial charge in [-0.15, -0.1) is 0 Å². The molecule has 2 aromatic rings. The van der Waals surface area contributed by atoms with Gasteiger partial charge in [-0.2, -0.15) is 5.10 Å². The maximum absolute atomic E-state index is 12.2. The van der Waals surface area contributed by atoms with Crippen molar-refractivity contribution in [1.82, 2.24) is 15.1 Å². The number of anilines is 1. The number of urea groups is 1. The van der Waals surface area contributed by atoms with Gasteiger partial charge >= 0.3 is 6.03 Å². The molecule has 0 bridgehead atoms. The Hall–Kier alpha value is -2.34. The molecule has 134 valence electrons. The van der Waals surface area contributed by atoms with E-state index in [-0.39, 0.29) is 18.2 Å². The topological polar surface area (TPSA) is 68.2 Å². The van der Waals surface area contributed by atoms with Crippen LogP contribution in [0.15, 0.2) is 36.7 Å². The first-order valence-corrected chi connectivity index (χ1v) is 8.94. The van der Waals surface area contributed by atoms with E-state index < -0.39 is 0 Å². The molecule has 6 nitrogen and oxygen atoms in total. The van der Waals surface area contributed by atoms with Crippen molar-refractivity contribution in [2.75, 3.05) is 11.9 Å². The number of aryl methyl sites for hydroxylation is 1. The monoisotopic (exact) mass is 342 g/mol. The minimum Gasteiger partial charge on any atom is -0.376 e. The number of nitrogens with zero attached hydrogens (tertiary/aromatic N) is 2. The normalized spacial score (nSPS) is 18.1. The highest BCUT2D eigenvalue weighted by atomic mass is 16.5. The molecular weight excluding hydrogens is 316 g/mol. The van der Waals surface area contributed by atoms with Crippen LogP contribution in [-0.2, 0) is 17.7 Å². The summed E-state index contributed by atoms with van der Waals surface area (Å²) in [5, 5.41) is 10.1. The Kier molecular flexibility index (Phi) is 5.71. The largest absolute Gasteiger partial charge is 0.376 e. The summed E-state index contributed by atoms with van der Waals surface area (Å²) in [4.78, 5) is 12.2. The number of hydrogen-bond donors (Lipinski definition) is 2. The number of amides is 2. The molecule has 2 N–H and O–H groups in total. The second kappa shape index (κ2) is 8.16. The number of ether oxygens (including phenoxy) is 1. The highest BCUT2D eigenvalue weighted by Crippen LogP contribution is 2.16. The van der Waals surface area contributed by atoms with Gasteiger partial charge in [-0.3, -0.25) is 4.68 Å². The molecule has 1 fully saturated rings. The predicted molar refractivity (Wildman–Crippen MR) is 97.6 cm³/mol. The Balaban J connectivity index is 1.50. The summed E-state index contributed by atoms with van der Waals surface area (Å²) < 4.78 is 7.42. The lowest BCUT2D eigenvalue weighted by Gasteiger charge is -2.15. The Bertz CT molecular complexity index is 690. The Labute approximate surface area is 148 Å². The zero-order valence-corrected chi connectivity index (χ0v) is 14.9. The standard InChI is InChI=1S/C19H26N4O2/c1-3-15-6-8-16(9-7-15)14(2)21-19(24)22-17-11-20-23(12-17)13-18-5-4-10-25-18/h6-9,11-12,14,18H,3-5,10,13H2,1-2H3,(H2,21,22,24). The lowest BCUT2D eigenvalue weighted by atomic mass is 10.1. The van der Waals surface area contributed by atoms with E-state index in [1.54, 1.807) is 6.20 Å². The fourth-order valence-corrected chi connectivity index (χ4v) is 3.01. The number of carbonyl (C=O) groups excluding carboxylic acids is 1. The third kappa shape index (κ3) is 4.82. The van der Waals surface area contributed by atoms with Gasteiger partial charge < -0.3 is 15.4 Å². The molecule has 1 aromatic carbocycles. The van der Waals surface area contributed by atoms with Gasteiger partial charge in [0, 0.05) is 12.8 Å². The van der Waals surface area contributed by atoms with E-state index in [2.05, 4.69) is 46.9 Å². The molecule has 2 unspecified atom stereocenters. The minimum absolute atomic E-state index is 0.0622. The van der Waals surface area contributed by atoms with Crippen LogP contribution in [0.3, 0.4) is 0 Å². The Morgan fingerprint density at radius 2 is 2.20 bits per heavy atom. The van der Waals surface area contributed by atoms with E-state index in [0.717, 1.165) is 38.0 Å². The van der Waals surface area contributed by atoms with Gasteiger partial charge in [0.2, 0.25) is 0 Å². The third-order valence-corrected chi connectivity index (χ3v) is 4.54. The summed E-state index contributed by atoms with van der Waals surface area (Å²) in [6, 6.07) is 8.02. The summed E-state index contributed by atoms with van der Waals surface area (Å²) in [5.74, 6) is 0. The fourth-order valence-electron chi connectivity index (χ4n) is 3.01. The molecule has 2 heterocycles. The molecule has 25 heavy (non-hydrogen) atoms. The second-order valence-electron chi connectivity index (χ2n) is 6.50. The highest BCUT2D eigenvalue weighted by molar-refractivity contribution is 5.89. The second-order valence-corrected chi connectivity index (χ2v) is 6.50. The van der Waals surface area contributed by atoms with Crippen LogP contribution in [0.4, 0.5) is 10.5 Å². The smallest absolute Gasteiger partial charge is 0.319 e. The van der Waals surface area contributed by atoms with E-state index in [1.807, 2.05) is 17.8 Å². The number of nitrogens with one attached hydrogen (secondary N) is 2. The van der Waals surface area contributed by atoms with Crippen LogP contribution >= 0.6 is 0 Å². The van der Waals surface area contributed by atoms with E-state index >= 15 is 0 Å². The fraction of sp³-hybridized carbons (Fsp3) is 0.474. The molecule has 0 spiro atoms. The van der Waals surface area contributed by atoms with E-state index in [0.29, 0.717) is 5.69 Å². The van der Waals surface area contributed by atoms with Crippen molar-refractivity contribution < 1.29 is 9.53 Å². The van der Waals surface area contributed by atoms with Crippen molar-refractivity contribution in [3.05, 3.63) is 47.8 Å². The van der Waals surface area contributed by atoms with Crippen LogP contribution in [0.25, 0.3) is 0 Å². The van der Waals surface area contributed by atoms with Crippen molar-refractivity contribution in [3.63, 3.8) is 0 Å². The van der Waals surface area contributed by atoms with Crippen LogP contribution in [0.2, 0.25) is 0 Å². The molecular formula is C19H26N4O2. The van der Waals surface area contributed by atoms with Crippen molar-refractivity contribution >= 4 is 11.7 Å². The summed E-state index contributed by atoms with van der Waals surface area (Å²) >= 11 is 0. The van der Waals surface area contributed by atoms with Crippen molar-refractivity contribution in [1.29, 1.82) is 0 Å². The van der Waals surface area contributed by atoms with Gasteiger partial charge in [-0.1, -0.05) is 31.2 Å². The average Bonchev–Trinajstić information content (AvgIpc) is 3.27. The first kappa shape index (κ1) is 17.5. The SMILES string of the molecule is CCc1ccc(C(C)NC(=O)Nc2cnn(CC3CCCO3)c2)cc1. The number of hydrogen-bond acceptors (Lipinski definition) is 3. The van der Waals surface area contributed by atoms with Gasteiger partial charge in [0.15, 0.2) is 0 Å². The number of carbonyl (C=O) groups is 1. The maximum atomic E-state index is 12.2. The average molecular weight is 342 g/mol. The number of benzene rings is 1. The van der Waals surface area contributed by atoms with Crippen LogP contribution < -0.4 is 10.6 Å². The van der Waals surface area contributed by atoms with E-state index in [4.69, 9.17) is 4.74 Å². The van der Waals surface area contributed by atoms with Crippen molar-refractivity contribution in [2.45, 2.75) is 51.8 Å². The lowest BCUT2D eigenvalue weighted by Crippen LogP contribution is -2.31. The third-order valence-electron chi connectivity index (χ3n) is 4.54. The molecule has 0 radical (unpaired) electrons. The molecule has 1 aromatic heterocycles. The summed E-state index contributed by atoms with van der Waals surface area (Å²) in [5.41, 5.74) is 3.06. The predicted octanol–water partition coefficient (Wildman–Crippen LogP) is 3.51. The summed E-state index contributed by atoms with van der Waals surface area (Å²) in [6.45, 7) is 5.66. The van der Waals surface area contributed by atoms with Gasteiger partial charge in [-0.05, 0) is 37.3 Å². The van der Waals surface area contributed by atoms with Crippen molar-refractivity contribution in [2.24, 2.45) is 0 Å². The Morgan fingerprint density at radius 3 is 2.88 bits per heavy atom. The molecule has 2 atom stereocenters. The molecule has 3 rings (SSSR count). The molecule has 6 heteroatoms. The first-order valence-electron chi connectivity index (χ1n) is 8.94. The molecule has 1 aliphatic heterocycles. The lowest BCUT2D eigenvalue weighted by molar-refractivity contribution is 0.0940. The summed E-state index contributed by atoms with van der Waals surface area (Å²) in [7, 11) is 0. The van der Waals surface area contributed by atoms with E-state index in [9.17, 15) is 4.79 Å². The molecule has 1 aliphatic rings. The zero-order chi connectivity index (χ0) is 17.6. The van der Waals surface area contributed by atoms with Crippen LogP contribution in [0.5, 0.6) is 0 Å². The number of aromatic nitrogens is 2. The van der Waals surface area contributed by atoms with Gasteiger partial charge in [0.05, 0.1) is 30.6 Å². The molecule has 0 aliphatic carbocycles. The van der Waals surface area contributed by atoms with Crippen LogP contribution in [-0.4, -0.2) is 28.5 Å². The van der Waals surface area contributed by atoms with Crippen LogP contribution in [0, 0.1) is 0 Å². The van der Waals surface area contributed by atoms with Gasteiger partial charge in [0.1, 0.15) is 0 Å². The number of rotatable bonds is 6. The quantitative estimate of drug-likeness (QED) is 0.844. The van der Waals surface area contributed by atoms with Gasteiger partial charge in [-0.25, -0.2) is 4.79 Å². The molecule has 0 saturated carbocycles. The highest BCUT2D eigenvalue weighted by Gasteiger charge is 2.17. The van der Waals surface area contributed by atoms with Gasteiger partial charge in [0.25, 0.3) is 0 Å².